The normalized spacial score (nSPS) is 14.7. The van der Waals surface area contributed by atoms with Gasteiger partial charge in [0.05, 0.1) is 36.7 Å². The number of nitrogens with one attached hydrogen (secondary N) is 1. The zero-order valence-corrected chi connectivity index (χ0v) is 20.0. The van der Waals surface area contributed by atoms with Crippen LogP contribution < -0.4 is 14.8 Å². The predicted molar refractivity (Wildman–Crippen MR) is 137 cm³/mol. The van der Waals surface area contributed by atoms with Gasteiger partial charge in [0.25, 0.3) is 0 Å². The molecule has 0 saturated carbocycles. The van der Waals surface area contributed by atoms with E-state index >= 15 is 0 Å². The Labute approximate surface area is 204 Å². The number of anilines is 2. The van der Waals surface area contributed by atoms with Crippen LogP contribution in [0.3, 0.4) is 0 Å². The number of nitrogens with zero attached hydrogens (tertiary/aromatic N) is 3. The van der Waals surface area contributed by atoms with Crippen molar-refractivity contribution in [3.8, 4) is 28.9 Å². The quantitative estimate of drug-likeness (QED) is 0.319. The molecule has 0 saturated heterocycles. The van der Waals surface area contributed by atoms with Crippen molar-refractivity contribution < 1.29 is 13.9 Å². The van der Waals surface area contributed by atoms with Crippen LogP contribution in [0.15, 0.2) is 65.3 Å². The molecule has 3 heterocycles. The number of pyridine rings is 1. The number of benzene rings is 1. The van der Waals surface area contributed by atoms with E-state index < -0.39 is 0 Å². The molecule has 7 heteroatoms. The molecule has 1 aliphatic carbocycles. The molecule has 2 aliphatic heterocycles. The van der Waals surface area contributed by atoms with Crippen LogP contribution in [-0.2, 0) is 0 Å². The molecule has 0 bridgehead atoms. The first-order chi connectivity index (χ1) is 17.2. The fourth-order valence-electron chi connectivity index (χ4n) is 4.44. The number of hydrogen-bond acceptors (Lipinski definition) is 7. The van der Waals surface area contributed by atoms with E-state index in [9.17, 15) is 5.26 Å². The molecule has 0 radical (unpaired) electrons. The second kappa shape index (κ2) is 10.1. The summed E-state index contributed by atoms with van der Waals surface area (Å²) in [4.78, 5) is 7.22. The van der Waals surface area contributed by atoms with Gasteiger partial charge in [0.1, 0.15) is 11.9 Å². The van der Waals surface area contributed by atoms with E-state index in [4.69, 9.17) is 18.9 Å². The van der Waals surface area contributed by atoms with E-state index in [-0.39, 0.29) is 0 Å². The SMILES string of the molecule is COc1cc2cc(C#N)c(Nc3ccc4cccoc3-4)nc2cc1OCCC(C)N1CC=CCC1. The summed E-state index contributed by atoms with van der Waals surface area (Å²) in [6.45, 7) is 4.89. The number of hydrogen-bond donors (Lipinski definition) is 1. The Morgan fingerprint density at radius 1 is 1.20 bits per heavy atom. The number of rotatable bonds is 8. The van der Waals surface area contributed by atoms with E-state index in [1.165, 1.54) is 0 Å². The summed E-state index contributed by atoms with van der Waals surface area (Å²) < 4.78 is 17.4. The molecule has 178 valence electrons. The maximum absolute atomic E-state index is 9.76. The maximum Gasteiger partial charge on any atom is 0.163 e. The third-order valence-electron chi connectivity index (χ3n) is 6.46. The van der Waals surface area contributed by atoms with Crippen molar-refractivity contribution in [2.45, 2.75) is 25.8 Å². The van der Waals surface area contributed by atoms with E-state index in [0.29, 0.717) is 41.0 Å². The first-order valence-corrected chi connectivity index (χ1v) is 11.8. The van der Waals surface area contributed by atoms with Gasteiger partial charge in [-0.15, -0.1) is 0 Å². The number of aromatic nitrogens is 1. The van der Waals surface area contributed by atoms with Crippen LogP contribution in [0.2, 0.25) is 0 Å². The van der Waals surface area contributed by atoms with Crippen molar-refractivity contribution >= 4 is 22.4 Å². The lowest BCUT2D eigenvalue weighted by molar-refractivity contribution is 0.185. The minimum atomic E-state index is 0.433. The van der Waals surface area contributed by atoms with Gasteiger partial charge in [-0.1, -0.05) is 12.2 Å². The van der Waals surface area contributed by atoms with Crippen LogP contribution in [0.4, 0.5) is 11.5 Å². The largest absolute Gasteiger partial charge is 0.493 e. The lowest BCUT2D eigenvalue weighted by atomic mass is 10.1. The smallest absolute Gasteiger partial charge is 0.163 e. The molecule has 3 aliphatic rings. The average Bonchev–Trinajstić information content (AvgIpc) is 3.31. The molecule has 1 atom stereocenters. The molecule has 0 amide bonds. The average molecular weight is 469 g/mol. The zero-order chi connectivity index (χ0) is 24.2. The van der Waals surface area contributed by atoms with Gasteiger partial charge in [-0.25, -0.2) is 4.98 Å². The van der Waals surface area contributed by atoms with Crippen molar-refractivity contribution in [3.63, 3.8) is 0 Å². The van der Waals surface area contributed by atoms with Crippen molar-refractivity contribution in [1.29, 1.82) is 5.26 Å². The second-order valence-corrected chi connectivity index (χ2v) is 8.70. The van der Waals surface area contributed by atoms with E-state index in [1.807, 2.05) is 42.5 Å². The summed E-state index contributed by atoms with van der Waals surface area (Å²) in [5.41, 5.74) is 2.88. The van der Waals surface area contributed by atoms with Crippen LogP contribution in [-0.4, -0.2) is 42.7 Å². The number of fused-ring (bicyclic) bond motifs is 2. The molecule has 35 heavy (non-hydrogen) atoms. The second-order valence-electron chi connectivity index (χ2n) is 8.70. The zero-order valence-electron chi connectivity index (χ0n) is 20.0. The summed E-state index contributed by atoms with van der Waals surface area (Å²) in [5.74, 6) is 2.45. The van der Waals surface area contributed by atoms with Gasteiger partial charge in [0.2, 0.25) is 0 Å². The first-order valence-electron chi connectivity index (χ1n) is 11.8. The Hall–Kier alpha value is -4.02. The monoisotopic (exact) mass is 468 g/mol. The Morgan fingerprint density at radius 3 is 2.91 bits per heavy atom. The van der Waals surface area contributed by atoms with Gasteiger partial charge in [0, 0.05) is 36.1 Å². The summed E-state index contributed by atoms with van der Waals surface area (Å²) in [6.07, 6.45) is 8.11. The van der Waals surface area contributed by atoms with Crippen molar-refractivity contribution in [3.05, 3.63) is 66.4 Å². The summed E-state index contributed by atoms with van der Waals surface area (Å²) in [6, 6.07) is 15.9. The molecule has 7 nitrogen and oxygen atoms in total. The fraction of sp³-hybridized carbons (Fsp3) is 0.286. The van der Waals surface area contributed by atoms with E-state index in [1.54, 1.807) is 13.4 Å². The minimum Gasteiger partial charge on any atom is -0.493 e. The van der Waals surface area contributed by atoms with E-state index in [0.717, 1.165) is 48.3 Å². The molecule has 0 spiro atoms. The molecule has 1 N–H and O–H groups in total. The number of nitriles is 1. The fourth-order valence-corrected chi connectivity index (χ4v) is 4.44. The Morgan fingerprint density at radius 2 is 2.11 bits per heavy atom. The highest BCUT2D eigenvalue weighted by atomic mass is 16.5. The molecular weight excluding hydrogens is 440 g/mol. The molecule has 1 aromatic carbocycles. The highest BCUT2D eigenvalue weighted by molar-refractivity contribution is 5.88. The van der Waals surface area contributed by atoms with E-state index in [2.05, 4.69) is 35.4 Å². The van der Waals surface area contributed by atoms with Crippen LogP contribution in [0, 0.1) is 11.3 Å². The van der Waals surface area contributed by atoms with Gasteiger partial charge in [0.15, 0.2) is 17.3 Å². The molecule has 2 aromatic rings. The third-order valence-corrected chi connectivity index (χ3v) is 6.46. The van der Waals surface area contributed by atoms with Crippen LogP contribution in [0.5, 0.6) is 11.5 Å². The minimum absolute atomic E-state index is 0.433. The van der Waals surface area contributed by atoms with Crippen LogP contribution in [0.25, 0.3) is 22.2 Å². The molecule has 0 fully saturated rings. The number of methoxy groups -OCH3 is 1. The topological polar surface area (TPSA) is 83.5 Å². The molecule has 1 unspecified atom stereocenters. The van der Waals surface area contributed by atoms with Crippen molar-refractivity contribution in [2.75, 3.05) is 32.1 Å². The first kappa shape index (κ1) is 22.8. The van der Waals surface area contributed by atoms with Crippen molar-refractivity contribution in [1.82, 2.24) is 9.88 Å². The highest BCUT2D eigenvalue weighted by Gasteiger charge is 2.17. The van der Waals surface area contributed by atoms with Gasteiger partial charge in [-0.3, -0.25) is 4.90 Å². The Kier molecular flexibility index (Phi) is 6.55. The van der Waals surface area contributed by atoms with Gasteiger partial charge < -0.3 is 19.2 Å². The molecule has 5 rings (SSSR count). The maximum atomic E-state index is 9.76. The molecular formula is C28H28N4O3. The number of ether oxygens (including phenoxy) is 2. The Balaban J connectivity index is 1.38. The van der Waals surface area contributed by atoms with Crippen LogP contribution >= 0.6 is 0 Å². The van der Waals surface area contributed by atoms with Crippen LogP contribution in [0.1, 0.15) is 25.3 Å². The van der Waals surface area contributed by atoms with Crippen molar-refractivity contribution in [2.24, 2.45) is 0 Å². The summed E-state index contributed by atoms with van der Waals surface area (Å²) in [5, 5.41) is 13.8. The highest BCUT2D eigenvalue weighted by Crippen LogP contribution is 2.37. The van der Waals surface area contributed by atoms with Gasteiger partial charge in [-0.05, 0) is 56.2 Å². The lowest BCUT2D eigenvalue weighted by Crippen LogP contribution is -2.36. The predicted octanol–water partition coefficient (Wildman–Crippen LogP) is 5.98. The summed E-state index contributed by atoms with van der Waals surface area (Å²) in [7, 11) is 1.62. The third kappa shape index (κ3) is 4.79. The molecule has 1 aromatic heterocycles. The standard InChI is InChI=1S/C28H28N4O3/c1-19(32-11-4-3-5-12-32)10-14-34-26-17-24-21(16-25(26)33-2)15-22(18-29)28(31-24)30-23-9-8-20-7-6-13-35-27(20)23/h3-4,6-9,13,15-17,19H,5,10-12,14H2,1-2H3,(H,30,31). The summed E-state index contributed by atoms with van der Waals surface area (Å²) >= 11 is 0. The van der Waals surface area contributed by atoms with Gasteiger partial charge in [-0.2, -0.15) is 5.26 Å². The Bertz CT molecular complexity index is 1370. The van der Waals surface area contributed by atoms with Gasteiger partial charge >= 0.3 is 0 Å². The lowest BCUT2D eigenvalue weighted by Gasteiger charge is -2.29.